The molecule has 0 radical (unpaired) electrons. The first kappa shape index (κ1) is 8.72. The van der Waals surface area contributed by atoms with E-state index in [-0.39, 0.29) is 0 Å². The van der Waals surface area contributed by atoms with E-state index in [1.54, 1.807) is 6.20 Å². The number of hydrogen-bond donors (Lipinski definition) is 0. The molecule has 0 aliphatic heterocycles. The van der Waals surface area contributed by atoms with Crippen molar-refractivity contribution in [2.24, 2.45) is 0 Å². The standard InChI is InChI=1S/C11H13N/c1-4-6-9(2)11-7-5-8-12-10(11)3/h4-8H,2H2,1,3H3/b6-4-. The van der Waals surface area contributed by atoms with Gasteiger partial charge in [-0.15, -0.1) is 0 Å². The molecule has 0 amide bonds. The van der Waals surface area contributed by atoms with Gasteiger partial charge in [0.2, 0.25) is 0 Å². The van der Waals surface area contributed by atoms with Crippen LogP contribution < -0.4 is 0 Å². The second-order valence-electron chi connectivity index (χ2n) is 2.66. The minimum Gasteiger partial charge on any atom is -0.261 e. The monoisotopic (exact) mass is 159 g/mol. The highest BCUT2D eigenvalue weighted by Gasteiger charge is 1.98. The van der Waals surface area contributed by atoms with Gasteiger partial charge >= 0.3 is 0 Å². The molecule has 0 atom stereocenters. The number of nitrogens with zero attached hydrogens (tertiary/aromatic N) is 1. The van der Waals surface area contributed by atoms with E-state index >= 15 is 0 Å². The Morgan fingerprint density at radius 1 is 1.58 bits per heavy atom. The lowest BCUT2D eigenvalue weighted by atomic mass is 10.1. The van der Waals surface area contributed by atoms with Crippen LogP contribution in [0.3, 0.4) is 0 Å². The van der Waals surface area contributed by atoms with Gasteiger partial charge in [-0.05, 0) is 25.5 Å². The number of allylic oxidation sites excluding steroid dienone is 3. The molecule has 0 aliphatic carbocycles. The summed E-state index contributed by atoms with van der Waals surface area (Å²) in [5.74, 6) is 0. The summed E-state index contributed by atoms with van der Waals surface area (Å²) >= 11 is 0. The van der Waals surface area contributed by atoms with E-state index in [9.17, 15) is 0 Å². The lowest BCUT2D eigenvalue weighted by Crippen LogP contribution is -1.87. The normalized spacial score (nSPS) is 10.5. The minimum absolute atomic E-state index is 1.02. The van der Waals surface area contributed by atoms with Gasteiger partial charge in [0.05, 0.1) is 0 Å². The Morgan fingerprint density at radius 2 is 2.33 bits per heavy atom. The highest BCUT2D eigenvalue weighted by molar-refractivity contribution is 5.72. The fourth-order valence-corrected chi connectivity index (χ4v) is 1.11. The van der Waals surface area contributed by atoms with Crippen LogP contribution in [0.4, 0.5) is 0 Å². The van der Waals surface area contributed by atoms with Gasteiger partial charge in [-0.3, -0.25) is 4.98 Å². The summed E-state index contributed by atoms with van der Waals surface area (Å²) in [6.45, 7) is 7.92. The zero-order chi connectivity index (χ0) is 8.97. The summed E-state index contributed by atoms with van der Waals surface area (Å²) in [4.78, 5) is 4.19. The largest absolute Gasteiger partial charge is 0.261 e. The first-order valence-corrected chi connectivity index (χ1v) is 3.99. The lowest BCUT2D eigenvalue weighted by molar-refractivity contribution is 1.18. The van der Waals surface area contributed by atoms with Crippen LogP contribution in [0.2, 0.25) is 0 Å². The van der Waals surface area contributed by atoms with Crippen LogP contribution in [0.1, 0.15) is 18.2 Å². The molecule has 0 saturated heterocycles. The highest BCUT2D eigenvalue weighted by atomic mass is 14.7. The molecule has 1 aromatic heterocycles. The average Bonchev–Trinajstić information content (AvgIpc) is 2.05. The third kappa shape index (κ3) is 1.82. The van der Waals surface area contributed by atoms with Crippen LogP contribution in [0.5, 0.6) is 0 Å². The summed E-state index contributed by atoms with van der Waals surface area (Å²) in [5.41, 5.74) is 3.17. The molecule has 0 saturated carbocycles. The van der Waals surface area contributed by atoms with E-state index in [2.05, 4.69) is 11.6 Å². The van der Waals surface area contributed by atoms with Crippen molar-refractivity contribution in [3.63, 3.8) is 0 Å². The Kier molecular flexibility index (Phi) is 2.81. The highest BCUT2D eigenvalue weighted by Crippen LogP contribution is 2.15. The second kappa shape index (κ2) is 3.86. The van der Waals surface area contributed by atoms with Crippen LogP contribution >= 0.6 is 0 Å². The van der Waals surface area contributed by atoms with Crippen molar-refractivity contribution in [3.05, 3.63) is 48.3 Å². The Hall–Kier alpha value is -1.37. The Balaban J connectivity index is 3.03. The van der Waals surface area contributed by atoms with E-state index in [4.69, 9.17) is 0 Å². The summed E-state index contributed by atoms with van der Waals surface area (Å²) in [5, 5.41) is 0. The Bertz CT molecular complexity index is 311. The molecule has 0 fully saturated rings. The van der Waals surface area contributed by atoms with E-state index in [0.29, 0.717) is 0 Å². The molecule has 12 heavy (non-hydrogen) atoms. The van der Waals surface area contributed by atoms with E-state index in [1.807, 2.05) is 38.1 Å². The summed E-state index contributed by atoms with van der Waals surface area (Å²) in [7, 11) is 0. The molecule has 0 N–H and O–H groups in total. The van der Waals surface area contributed by atoms with E-state index < -0.39 is 0 Å². The molecule has 0 aliphatic rings. The van der Waals surface area contributed by atoms with E-state index in [0.717, 1.165) is 16.8 Å². The number of aryl methyl sites for hydroxylation is 1. The van der Waals surface area contributed by atoms with Gasteiger partial charge in [-0.1, -0.05) is 24.8 Å². The van der Waals surface area contributed by atoms with Crippen molar-refractivity contribution < 1.29 is 0 Å². The van der Waals surface area contributed by atoms with Crippen LogP contribution in [0, 0.1) is 6.92 Å². The fourth-order valence-electron chi connectivity index (χ4n) is 1.11. The smallest absolute Gasteiger partial charge is 0.0450 e. The summed E-state index contributed by atoms with van der Waals surface area (Å²) in [6.07, 6.45) is 5.76. The third-order valence-corrected chi connectivity index (χ3v) is 1.72. The van der Waals surface area contributed by atoms with Crippen molar-refractivity contribution >= 4 is 5.57 Å². The van der Waals surface area contributed by atoms with Crippen molar-refractivity contribution in [2.45, 2.75) is 13.8 Å². The van der Waals surface area contributed by atoms with Gasteiger partial charge in [0.1, 0.15) is 0 Å². The molecular weight excluding hydrogens is 146 g/mol. The zero-order valence-corrected chi connectivity index (χ0v) is 7.54. The maximum absolute atomic E-state index is 4.19. The van der Waals surface area contributed by atoms with Crippen LogP contribution in [0.15, 0.2) is 37.1 Å². The molecule has 0 bridgehead atoms. The predicted octanol–water partition coefficient (Wildman–Crippen LogP) is 2.98. The van der Waals surface area contributed by atoms with Crippen LogP contribution in [-0.2, 0) is 0 Å². The second-order valence-corrected chi connectivity index (χ2v) is 2.66. The minimum atomic E-state index is 1.02. The molecule has 0 aromatic carbocycles. The maximum Gasteiger partial charge on any atom is 0.0450 e. The summed E-state index contributed by atoms with van der Waals surface area (Å²) in [6, 6.07) is 3.96. The average molecular weight is 159 g/mol. The topological polar surface area (TPSA) is 12.9 Å². The van der Waals surface area contributed by atoms with Gasteiger partial charge in [0, 0.05) is 17.5 Å². The first-order chi connectivity index (χ1) is 5.75. The molecule has 1 aromatic rings. The van der Waals surface area contributed by atoms with E-state index in [1.165, 1.54) is 0 Å². The molecule has 1 nitrogen and oxygen atoms in total. The Morgan fingerprint density at radius 3 is 2.92 bits per heavy atom. The third-order valence-electron chi connectivity index (χ3n) is 1.72. The first-order valence-electron chi connectivity index (χ1n) is 3.99. The molecule has 0 unspecified atom stereocenters. The molecule has 0 spiro atoms. The van der Waals surface area contributed by atoms with Gasteiger partial charge in [-0.2, -0.15) is 0 Å². The zero-order valence-electron chi connectivity index (χ0n) is 7.54. The molecule has 1 heteroatoms. The van der Waals surface area contributed by atoms with Gasteiger partial charge in [0.25, 0.3) is 0 Å². The maximum atomic E-state index is 4.19. The molecule has 1 heterocycles. The number of aromatic nitrogens is 1. The van der Waals surface area contributed by atoms with Crippen molar-refractivity contribution in [1.29, 1.82) is 0 Å². The van der Waals surface area contributed by atoms with Gasteiger partial charge < -0.3 is 0 Å². The Labute approximate surface area is 73.5 Å². The van der Waals surface area contributed by atoms with Crippen molar-refractivity contribution in [1.82, 2.24) is 4.98 Å². The summed E-state index contributed by atoms with van der Waals surface area (Å²) < 4.78 is 0. The van der Waals surface area contributed by atoms with Crippen LogP contribution in [-0.4, -0.2) is 4.98 Å². The number of pyridine rings is 1. The van der Waals surface area contributed by atoms with Crippen molar-refractivity contribution in [3.8, 4) is 0 Å². The predicted molar refractivity (Wildman–Crippen MR) is 52.8 cm³/mol. The van der Waals surface area contributed by atoms with Gasteiger partial charge in [-0.25, -0.2) is 0 Å². The molecule has 62 valence electrons. The van der Waals surface area contributed by atoms with Crippen LogP contribution in [0.25, 0.3) is 5.57 Å². The molecular formula is C11H13N. The van der Waals surface area contributed by atoms with Crippen molar-refractivity contribution in [2.75, 3.05) is 0 Å². The number of rotatable bonds is 2. The molecule has 1 rings (SSSR count). The fraction of sp³-hybridized carbons (Fsp3) is 0.182. The quantitative estimate of drug-likeness (QED) is 0.604. The van der Waals surface area contributed by atoms with Gasteiger partial charge in [0.15, 0.2) is 0 Å². The SMILES string of the molecule is C=C(/C=C\C)c1cccnc1C. The lowest BCUT2D eigenvalue weighted by Gasteiger charge is -2.02. The number of hydrogen-bond acceptors (Lipinski definition) is 1.